The molecule has 0 bridgehead atoms. The highest BCUT2D eigenvalue weighted by atomic mass is 32.1. The zero-order valence-corrected chi connectivity index (χ0v) is 13.1. The molecule has 0 aromatic carbocycles. The van der Waals surface area contributed by atoms with Crippen LogP contribution >= 0.6 is 11.3 Å². The molecule has 0 aliphatic carbocycles. The molecule has 2 rings (SSSR count). The van der Waals surface area contributed by atoms with Gasteiger partial charge in [-0.25, -0.2) is 4.98 Å². The van der Waals surface area contributed by atoms with Gasteiger partial charge in [0.25, 0.3) is 0 Å². The fourth-order valence-electron chi connectivity index (χ4n) is 1.81. The Bertz CT molecular complexity index is 569. The highest BCUT2D eigenvalue weighted by Gasteiger charge is 2.05. The number of hydrogen-bond acceptors (Lipinski definition) is 4. The topological polar surface area (TPSA) is 58.5 Å². The zero-order chi connectivity index (χ0) is 14.9. The molecule has 2 aromatic rings. The van der Waals surface area contributed by atoms with Crippen LogP contribution in [0.1, 0.15) is 17.4 Å². The van der Waals surface area contributed by atoms with Gasteiger partial charge in [0.15, 0.2) is 5.96 Å². The number of rotatable bonds is 6. The van der Waals surface area contributed by atoms with Crippen LogP contribution in [0.25, 0.3) is 0 Å². The van der Waals surface area contributed by atoms with Crippen molar-refractivity contribution in [3.8, 4) is 5.88 Å². The average Bonchev–Trinajstić information content (AvgIpc) is 3.02. The Balaban J connectivity index is 1.88. The summed E-state index contributed by atoms with van der Waals surface area (Å²) in [4.78, 5) is 9.73. The first-order chi connectivity index (χ1) is 10.3. The second-order valence-corrected chi connectivity index (χ2v) is 5.29. The quantitative estimate of drug-likeness (QED) is 0.635. The third-order valence-electron chi connectivity index (χ3n) is 2.81. The van der Waals surface area contributed by atoms with Gasteiger partial charge in [0.2, 0.25) is 5.88 Å². The molecular weight excluding hydrogens is 284 g/mol. The molecule has 0 radical (unpaired) electrons. The van der Waals surface area contributed by atoms with Gasteiger partial charge >= 0.3 is 0 Å². The average molecular weight is 304 g/mol. The Morgan fingerprint density at radius 1 is 1.29 bits per heavy atom. The van der Waals surface area contributed by atoms with Gasteiger partial charge < -0.3 is 15.4 Å². The molecule has 6 heteroatoms. The van der Waals surface area contributed by atoms with Crippen molar-refractivity contribution in [1.82, 2.24) is 15.6 Å². The molecule has 0 aliphatic heterocycles. The highest BCUT2D eigenvalue weighted by molar-refractivity contribution is 7.09. The zero-order valence-electron chi connectivity index (χ0n) is 12.3. The van der Waals surface area contributed by atoms with Crippen LogP contribution in [0.2, 0.25) is 0 Å². The summed E-state index contributed by atoms with van der Waals surface area (Å²) in [5.74, 6) is 1.43. The van der Waals surface area contributed by atoms with Crippen LogP contribution < -0.4 is 15.4 Å². The van der Waals surface area contributed by atoms with Crippen molar-refractivity contribution in [1.29, 1.82) is 0 Å². The fourth-order valence-corrected chi connectivity index (χ4v) is 2.45. The van der Waals surface area contributed by atoms with Crippen LogP contribution in [0.4, 0.5) is 0 Å². The van der Waals surface area contributed by atoms with E-state index < -0.39 is 0 Å². The number of thiophene rings is 1. The highest BCUT2D eigenvalue weighted by Crippen LogP contribution is 2.13. The largest absolute Gasteiger partial charge is 0.478 e. The van der Waals surface area contributed by atoms with Crippen molar-refractivity contribution < 1.29 is 4.74 Å². The van der Waals surface area contributed by atoms with Crippen LogP contribution in [-0.4, -0.2) is 24.6 Å². The molecule has 0 aliphatic rings. The van der Waals surface area contributed by atoms with Gasteiger partial charge in [-0.15, -0.1) is 11.3 Å². The predicted octanol–water partition coefficient (Wildman–Crippen LogP) is 2.41. The van der Waals surface area contributed by atoms with Crippen molar-refractivity contribution in [2.45, 2.75) is 20.0 Å². The summed E-state index contributed by atoms with van der Waals surface area (Å²) in [6, 6.07) is 8.04. The summed E-state index contributed by atoms with van der Waals surface area (Å²) in [5.41, 5.74) is 1.01. The number of aliphatic imine (C=N–C) groups is 1. The van der Waals surface area contributed by atoms with Crippen LogP contribution in [0.3, 0.4) is 0 Å². The lowest BCUT2D eigenvalue weighted by atomic mass is 10.2. The van der Waals surface area contributed by atoms with E-state index in [1.807, 2.05) is 25.1 Å². The van der Waals surface area contributed by atoms with Gasteiger partial charge in [0.1, 0.15) is 0 Å². The molecule has 0 unspecified atom stereocenters. The van der Waals surface area contributed by atoms with Crippen molar-refractivity contribution in [3.05, 3.63) is 46.3 Å². The Morgan fingerprint density at radius 3 is 2.86 bits per heavy atom. The smallest absolute Gasteiger partial charge is 0.218 e. The molecule has 0 amide bonds. The van der Waals surface area contributed by atoms with Crippen LogP contribution in [0.5, 0.6) is 5.88 Å². The monoisotopic (exact) mass is 304 g/mol. The Hall–Kier alpha value is -2.08. The van der Waals surface area contributed by atoms with Gasteiger partial charge in [0.05, 0.1) is 13.2 Å². The molecule has 0 spiro atoms. The first kappa shape index (κ1) is 15.3. The summed E-state index contributed by atoms with van der Waals surface area (Å²) < 4.78 is 5.51. The van der Waals surface area contributed by atoms with Crippen molar-refractivity contribution in [3.63, 3.8) is 0 Å². The lowest BCUT2D eigenvalue weighted by molar-refractivity contribution is 0.322. The predicted molar refractivity (Wildman–Crippen MR) is 86.8 cm³/mol. The summed E-state index contributed by atoms with van der Waals surface area (Å²) in [6.45, 7) is 3.94. The second-order valence-electron chi connectivity index (χ2n) is 4.26. The Labute approximate surface area is 129 Å². The molecule has 0 saturated heterocycles. The summed E-state index contributed by atoms with van der Waals surface area (Å²) in [5, 5.41) is 8.62. The number of aromatic nitrogens is 1. The van der Waals surface area contributed by atoms with E-state index in [9.17, 15) is 0 Å². The SMILES string of the molecule is CCOc1ncccc1CNC(=NC)NCc1cccs1. The third kappa shape index (κ3) is 4.75. The van der Waals surface area contributed by atoms with Gasteiger partial charge in [-0.05, 0) is 24.4 Å². The minimum Gasteiger partial charge on any atom is -0.478 e. The summed E-state index contributed by atoms with van der Waals surface area (Å²) in [6.07, 6.45) is 1.73. The van der Waals surface area contributed by atoms with E-state index >= 15 is 0 Å². The number of guanidine groups is 1. The van der Waals surface area contributed by atoms with Crippen LogP contribution in [-0.2, 0) is 13.1 Å². The van der Waals surface area contributed by atoms with Gasteiger partial charge in [-0.1, -0.05) is 12.1 Å². The molecule has 21 heavy (non-hydrogen) atoms. The number of pyridine rings is 1. The molecule has 112 valence electrons. The lowest BCUT2D eigenvalue weighted by Crippen LogP contribution is -2.36. The van der Waals surface area contributed by atoms with Gasteiger partial charge in [-0.2, -0.15) is 0 Å². The summed E-state index contributed by atoms with van der Waals surface area (Å²) in [7, 11) is 1.76. The standard InChI is InChI=1S/C15H20N4OS/c1-3-20-14-12(6-4-8-17-14)10-18-15(16-2)19-11-13-7-5-9-21-13/h4-9H,3,10-11H2,1-2H3,(H2,16,18,19). The Kier molecular flexibility index (Phi) is 6.02. The Morgan fingerprint density at radius 2 is 2.14 bits per heavy atom. The number of nitrogens with one attached hydrogen (secondary N) is 2. The maximum atomic E-state index is 5.51. The molecular formula is C15H20N4OS. The third-order valence-corrected chi connectivity index (χ3v) is 3.69. The maximum Gasteiger partial charge on any atom is 0.218 e. The van der Waals surface area contributed by atoms with E-state index in [0.29, 0.717) is 19.0 Å². The van der Waals surface area contributed by atoms with E-state index in [1.54, 1.807) is 24.6 Å². The maximum absolute atomic E-state index is 5.51. The first-order valence-electron chi connectivity index (χ1n) is 6.87. The molecule has 0 atom stereocenters. The molecule has 2 N–H and O–H groups in total. The number of nitrogens with zero attached hydrogens (tertiary/aromatic N) is 2. The van der Waals surface area contributed by atoms with E-state index in [1.165, 1.54) is 4.88 Å². The lowest BCUT2D eigenvalue weighted by Gasteiger charge is -2.13. The normalized spacial score (nSPS) is 11.2. The van der Waals surface area contributed by atoms with E-state index in [-0.39, 0.29) is 0 Å². The second kappa shape index (κ2) is 8.26. The van der Waals surface area contributed by atoms with Crippen molar-refractivity contribution in [2.24, 2.45) is 4.99 Å². The molecule has 2 heterocycles. The fraction of sp³-hybridized carbons (Fsp3) is 0.333. The molecule has 5 nitrogen and oxygen atoms in total. The molecule has 2 aromatic heterocycles. The molecule has 0 fully saturated rings. The van der Waals surface area contributed by atoms with Crippen molar-refractivity contribution >= 4 is 17.3 Å². The van der Waals surface area contributed by atoms with Gasteiger partial charge in [0, 0.05) is 30.2 Å². The molecule has 0 saturated carbocycles. The number of hydrogen-bond donors (Lipinski definition) is 2. The van der Waals surface area contributed by atoms with E-state index in [0.717, 1.165) is 18.1 Å². The minimum atomic E-state index is 0.607. The number of ether oxygens (including phenoxy) is 1. The van der Waals surface area contributed by atoms with Crippen LogP contribution in [0, 0.1) is 0 Å². The van der Waals surface area contributed by atoms with Gasteiger partial charge in [-0.3, -0.25) is 4.99 Å². The minimum absolute atomic E-state index is 0.607. The van der Waals surface area contributed by atoms with Crippen molar-refractivity contribution in [2.75, 3.05) is 13.7 Å². The first-order valence-corrected chi connectivity index (χ1v) is 7.75. The van der Waals surface area contributed by atoms with Crippen LogP contribution in [0.15, 0.2) is 40.8 Å². The van der Waals surface area contributed by atoms with E-state index in [2.05, 4.69) is 32.1 Å². The van der Waals surface area contributed by atoms with E-state index in [4.69, 9.17) is 4.74 Å². The summed E-state index contributed by atoms with van der Waals surface area (Å²) >= 11 is 1.72.